The summed E-state index contributed by atoms with van der Waals surface area (Å²) in [6.45, 7) is 4.56. The summed E-state index contributed by atoms with van der Waals surface area (Å²) < 4.78 is 0. The highest BCUT2D eigenvalue weighted by Gasteiger charge is 2.39. The van der Waals surface area contributed by atoms with Crippen molar-refractivity contribution in [3.63, 3.8) is 0 Å². The van der Waals surface area contributed by atoms with Crippen LogP contribution < -0.4 is 5.32 Å². The van der Waals surface area contributed by atoms with Gasteiger partial charge in [0.2, 0.25) is 5.91 Å². The Kier molecular flexibility index (Phi) is 10.2. The van der Waals surface area contributed by atoms with Crippen LogP contribution in [0.3, 0.4) is 0 Å². The lowest BCUT2D eigenvalue weighted by molar-refractivity contribution is -0.153. The Hall–Kier alpha value is -4.92. The van der Waals surface area contributed by atoms with E-state index in [2.05, 4.69) is 51.5 Å². The highest BCUT2D eigenvalue weighted by atomic mass is 16.4. The molecule has 2 aromatic heterocycles. The van der Waals surface area contributed by atoms with Gasteiger partial charge in [0.05, 0.1) is 5.92 Å². The average molecular weight is 646 g/mol. The van der Waals surface area contributed by atoms with Crippen molar-refractivity contribution in [2.24, 2.45) is 11.8 Å². The van der Waals surface area contributed by atoms with E-state index in [4.69, 9.17) is 0 Å². The topological polar surface area (TPSA) is 125 Å². The number of nitrogens with zero attached hydrogens (tertiary/aromatic N) is 4. The Morgan fingerprint density at radius 3 is 2.02 bits per heavy atom. The van der Waals surface area contributed by atoms with Gasteiger partial charge in [-0.2, -0.15) is 0 Å². The third kappa shape index (κ3) is 7.62. The molecule has 1 atom stereocenters. The molecule has 2 aliphatic rings. The van der Waals surface area contributed by atoms with E-state index in [0.717, 1.165) is 40.2 Å². The summed E-state index contributed by atoms with van der Waals surface area (Å²) in [7, 11) is 0. The molecule has 4 aromatic rings. The Balaban J connectivity index is 1.11. The van der Waals surface area contributed by atoms with Gasteiger partial charge in [-0.25, -0.2) is 9.97 Å². The molecule has 2 amide bonds. The van der Waals surface area contributed by atoms with E-state index < -0.39 is 23.8 Å². The lowest BCUT2D eigenvalue weighted by Crippen LogP contribution is -2.59. The summed E-state index contributed by atoms with van der Waals surface area (Å²) >= 11 is 0. The minimum atomic E-state index is -0.927. The maximum atomic E-state index is 13.4. The zero-order valence-corrected chi connectivity index (χ0v) is 27.6. The van der Waals surface area contributed by atoms with E-state index in [1.807, 2.05) is 49.6 Å². The molecule has 2 aromatic carbocycles. The van der Waals surface area contributed by atoms with Crippen molar-refractivity contribution in [2.75, 3.05) is 13.1 Å². The first-order valence-electron chi connectivity index (χ1n) is 17.1. The number of hydrogen-bond acceptors (Lipinski definition) is 6. The van der Waals surface area contributed by atoms with Crippen molar-refractivity contribution in [2.45, 2.75) is 70.8 Å². The van der Waals surface area contributed by atoms with Gasteiger partial charge in [0.25, 0.3) is 5.91 Å². The molecule has 1 aliphatic carbocycles. The molecule has 248 valence electrons. The minimum Gasteiger partial charge on any atom is -0.481 e. The van der Waals surface area contributed by atoms with Crippen LogP contribution in [0.1, 0.15) is 79.0 Å². The fourth-order valence-corrected chi connectivity index (χ4v) is 6.74. The number of hydrogen-bond donors (Lipinski definition) is 2. The molecule has 2 fully saturated rings. The van der Waals surface area contributed by atoms with E-state index in [1.54, 1.807) is 12.3 Å². The quantitative estimate of drug-likeness (QED) is 0.195. The Morgan fingerprint density at radius 1 is 0.792 bits per heavy atom. The summed E-state index contributed by atoms with van der Waals surface area (Å²) in [5.41, 5.74) is 6.37. The van der Waals surface area contributed by atoms with Crippen molar-refractivity contribution < 1.29 is 19.5 Å². The number of aliphatic carboxylic acids is 1. The zero-order valence-electron chi connectivity index (χ0n) is 27.6. The number of carbonyl (C=O) groups is 3. The molecular formula is C39H43N5O4. The molecule has 0 bridgehead atoms. The second-order valence-electron chi connectivity index (χ2n) is 13.2. The molecule has 48 heavy (non-hydrogen) atoms. The van der Waals surface area contributed by atoms with E-state index in [1.165, 1.54) is 42.6 Å². The number of benzene rings is 2. The molecule has 1 saturated heterocycles. The molecule has 6 rings (SSSR count). The largest absolute Gasteiger partial charge is 0.481 e. The number of rotatable bonds is 11. The predicted molar refractivity (Wildman–Crippen MR) is 184 cm³/mol. The Labute approximate surface area is 281 Å². The van der Waals surface area contributed by atoms with E-state index in [9.17, 15) is 19.5 Å². The molecule has 2 N–H and O–H groups in total. The van der Waals surface area contributed by atoms with Crippen molar-refractivity contribution in [1.82, 2.24) is 25.2 Å². The maximum Gasteiger partial charge on any atom is 0.310 e. The van der Waals surface area contributed by atoms with Crippen LogP contribution in [0.25, 0.3) is 22.5 Å². The van der Waals surface area contributed by atoms with E-state index in [-0.39, 0.29) is 31.1 Å². The van der Waals surface area contributed by atoms with Gasteiger partial charge in [-0.05, 0) is 72.3 Å². The van der Waals surface area contributed by atoms with Crippen LogP contribution in [0.4, 0.5) is 0 Å². The first-order chi connectivity index (χ1) is 23.3. The van der Waals surface area contributed by atoms with Crippen LogP contribution in [-0.2, 0) is 22.4 Å². The summed E-state index contributed by atoms with van der Waals surface area (Å²) in [4.78, 5) is 52.8. The van der Waals surface area contributed by atoms with Crippen LogP contribution in [0, 0.1) is 11.8 Å². The summed E-state index contributed by atoms with van der Waals surface area (Å²) in [6, 6.07) is 19.1. The van der Waals surface area contributed by atoms with Crippen molar-refractivity contribution in [3.8, 4) is 22.5 Å². The lowest BCUT2D eigenvalue weighted by atomic mass is 9.78. The third-order valence-corrected chi connectivity index (χ3v) is 10.1. The lowest BCUT2D eigenvalue weighted by Gasteiger charge is -2.38. The number of likely N-dealkylation sites (tertiary alicyclic amines) is 1. The monoisotopic (exact) mass is 645 g/mol. The highest BCUT2D eigenvalue weighted by Crippen LogP contribution is 2.37. The number of carboxylic acid groups (broad SMARTS) is 1. The second kappa shape index (κ2) is 14.9. The van der Waals surface area contributed by atoms with Gasteiger partial charge in [0.1, 0.15) is 11.7 Å². The van der Waals surface area contributed by atoms with Gasteiger partial charge in [0.15, 0.2) is 5.82 Å². The summed E-state index contributed by atoms with van der Waals surface area (Å²) in [5.74, 6) is -0.146. The van der Waals surface area contributed by atoms with Gasteiger partial charge in [0, 0.05) is 49.2 Å². The number of aromatic nitrogens is 3. The first-order valence-corrected chi connectivity index (χ1v) is 17.1. The Morgan fingerprint density at radius 2 is 1.44 bits per heavy atom. The van der Waals surface area contributed by atoms with Gasteiger partial charge in [-0.3, -0.25) is 19.4 Å². The van der Waals surface area contributed by atoms with Crippen LogP contribution in [-0.4, -0.2) is 61.9 Å². The fraction of sp³-hybridized carbons (Fsp3) is 0.385. The zero-order chi connectivity index (χ0) is 33.6. The van der Waals surface area contributed by atoms with E-state index in [0.29, 0.717) is 11.7 Å². The van der Waals surface area contributed by atoms with Gasteiger partial charge in [-0.1, -0.05) is 74.9 Å². The van der Waals surface area contributed by atoms with Gasteiger partial charge >= 0.3 is 5.97 Å². The van der Waals surface area contributed by atoms with Crippen LogP contribution in [0.15, 0.2) is 79.3 Å². The first kappa shape index (κ1) is 33.0. The van der Waals surface area contributed by atoms with Crippen LogP contribution in [0.5, 0.6) is 0 Å². The Bertz CT molecular complexity index is 1710. The molecule has 0 radical (unpaired) electrons. The van der Waals surface area contributed by atoms with Crippen LogP contribution in [0.2, 0.25) is 0 Å². The number of aryl methyl sites for hydroxylation is 1. The number of carboxylic acids is 1. The SMILES string of the molecule is CCc1ccc(C(=O)N[C@@H](Cc2ccc(-c3ncc(-c4ccc([C@H]5CC[C@H](CC)CC5)cc4)cn3)cc2)C(=O)N2CC(C(=O)O)C2)nc1. The number of pyridine rings is 1. The van der Waals surface area contributed by atoms with Crippen molar-refractivity contribution >= 4 is 17.8 Å². The molecule has 9 heteroatoms. The van der Waals surface area contributed by atoms with Crippen molar-refractivity contribution in [1.29, 1.82) is 0 Å². The molecule has 9 nitrogen and oxygen atoms in total. The normalized spacial score (nSPS) is 18.5. The molecule has 1 aliphatic heterocycles. The van der Waals surface area contributed by atoms with Gasteiger partial charge < -0.3 is 15.3 Å². The van der Waals surface area contributed by atoms with Crippen molar-refractivity contribution in [3.05, 3.63) is 102 Å². The molecule has 1 saturated carbocycles. The number of amides is 2. The number of carbonyl (C=O) groups excluding carboxylic acids is 2. The summed E-state index contributed by atoms with van der Waals surface area (Å²) in [6.07, 6.45) is 12.9. The maximum absolute atomic E-state index is 13.4. The summed E-state index contributed by atoms with van der Waals surface area (Å²) in [5, 5.41) is 12.1. The predicted octanol–water partition coefficient (Wildman–Crippen LogP) is 6.34. The average Bonchev–Trinajstić information content (AvgIpc) is 3.11. The number of nitrogens with one attached hydrogen (secondary N) is 1. The molecule has 0 unspecified atom stereocenters. The fourth-order valence-electron chi connectivity index (χ4n) is 6.74. The highest BCUT2D eigenvalue weighted by molar-refractivity contribution is 5.96. The van der Waals surface area contributed by atoms with Gasteiger partial charge in [-0.15, -0.1) is 0 Å². The standard InChI is InChI=1S/C39H43N5O4/c1-3-25-5-10-28(11-6-25)29-14-16-30(17-15-29)32-21-41-36(42-22-32)31-12-7-27(8-13-31)19-35(38(46)44-23-33(24-44)39(47)48)43-37(45)34-18-9-26(4-2)20-40-34/h7-9,12-18,20-22,25,28,33,35H,3-6,10-11,19,23-24H2,1-2H3,(H,43,45)(H,47,48)/t25-,28-,35-/m0/s1. The van der Waals surface area contributed by atoms with E-state index >= 15 is 0 Å². The second-order valence-corrected chi connectivity index (χ2v) is 13.2. The minimum absolute atomic E-state index is 0.125. The third-order valence-electron chi connectivity index (χ3n) is 10.1. The smallest absolute Gasteiger partial charge is 0.310 e. The molecule has 3 heterocycles. The molecular weight excluding hydrogens is 602 g/mol. The molecule has 0 spiro atoms. The van der Waals surface area contributed by atoms with Crippen LogP contribution >= 0.6 is 0 Å².